The van der Waals surface area contributed by atoms with Crippen molar-refractivity contribution in [3.63, 3.8) is 0 Å². The van der Waals surface area contributed by atoms with E-state index in [2.05, 4.69) is 15.3 Å². The Bertz CT molecular complexity index is 1410. The Morgan fingerprint density at radius 3 is 2.62 bits per heavy atom. The van der Waals surface area contributed by atoms with Gasteiger partial charge >= 0.3 is 6.03 Å². The van der Waals surface area contributed by atoms with E-state index in [9.17, 15) is 14.0 Å². The minimum absolute atomic E-state index is 0.00506. The van der Waals surface area contributed by atoms with Crippen molar-refractivity contribution in [2.75, 3.05) is 18.5 Å². The average Bonchev–Trinajstić information content (AvgIpc) is 2.85. The summed E-state index contributed by atoms with van der Waals surface area (Å²) in [4.78, 5) is 34.4. The predicted molar refractivity (Wildman–Crippen MR) is 124 cm³/mol. The number of urea groups is 1. The number of carbonyl (C=O) groups excluding carboxylic acids is 1. The Kier molecular flexibility index (Phi) is 5.82. The maximum atomic E-state index is 14.1. The van der Waals surface area contributed by atoms with Crippen LogP contribution in [0.5, 0.6) is 11.5 Å². The van der Waals surface area contributed by atoms with Gasteiger partial charge in [-0.3, -0.25) is 9.78 Å². The topological polar surface area (TPSA) is 96.6 Å². The van der Waals surface area contributed by atoms with E-state index in [0.29, 0.717) is 35.8 Å². The van der Waals surface area contributed by atoms with Gasteiger partial charge in [0, 0.05) is 36.0 Å². The number of hydrogen-bond donors (Lipinski definition) is 2. The van der Waals surface area contributed by atoms with E-state index >= 15 is 0 Å². The zero-order chi connectivity index (χ0) is 23.5. The summed E-state index contributed by atoms with van der Waals surface area (Å²) >= 11 is 0. The zero-order valence-corrected chi connectivity index (χ0v) is 18.1. The second-order valence-corrected chi connectivity index (χ2v) is 7.83. The molecule has 8 nitrogen and oxygen atoms in total. The van der Waals surface area contributed by atoms with E-state index in [0.717, 1.165) is 10.9 Å². The number of benzene rings is 2. The number of anilines is 1. The summed E-state index contributed by atoms with van der Waals surface area (Å²) in [6.07, 6.45) is 3.27. The molecule has 0 fully saturated rings. The van der Waals surface area contributed by atoms with E-state index in [4.69, 9.17) is 9.47 Å². The molecule has 1 aliphatic rings. The molecule has 5 rings (SSSR count). The molecule has 2 amide bonds. The third-order valence-corrected chi connectivity index (χ3v) is 5.44. The highest BCUT2D eigenvalue weighted by molar-refractivity contribution is 5.89. The van der Waals surface area contributed by atoms with Crippen LogP contribution in [0.2, 0.25) is 0 Å². The van der Waals surface area contributed by atoms with Crippen molar-refractivity contribution >= 4 is 22.6 Å². The van der Waals surface area contributed by atoms with Crippen molar-refractivity contribution in [2.24, 2.45) is 0 Å². The Hall–Kier alpha value is -4.40. The molecule has 2 N–H and O–H groups in total. The maximum Gasteiger partial charge on any atom is 0.322 e. The highest BCUT2D eigenvalue weighted by Crippen LogP contribution is 2.33. The molecule has 4 aromatic rings. The SMILES string of the molecule is O=C(Nc1ccccc1F)N(Cc1cccnc1)Cc1cc2cc3c(cc2[nH]c1=O)OCCO3. The van der Waals surface area contributed by atoms with Crippen molar-refractivity contribution in [1.82, 2.24) is 14.9 Å². The number of pyridine rings is 2. The number of aromatic nitrogens is 2. The number of amides is 2. The molecular formula is C25H21FN4O4. The summed E-state index contributed by atoms with van der Waals surface area (Å²) in [5.74, 6) is 0.624. The van der Waals surface area contributed by atoms with Gasteiger partial charge in [0.2, 0.25) is 0 Å². The van der Waals surface area contributed by atoms with E-state index in [1.807, 2.05) is 6.07 Å². The summed E-state index contributed by atoms with van der Waals surface area (Å²) in [7, 11) is 0. The lowest BCUT2D eigenvalue weighted by Gasteiger charge is -2.23. The molecule has 2 aromatic carbocycles. The van der Waals surface area contributed by atoms with Gasteiger partial charge in [0.1, 0.15) is 19.0 Å². The lowest BCUT2D eigenvalue weighted by Crippen LogP contribution is -2.36. The zero-order valence-electron chi connectivity index (χ0n) is 18.1. The summed E-state index contributed by atoms with van der Waals surface area (Å²) in [5, 5.41) is 3.34. The number of ether oxygens (including phenoxy) is 2. The molecule has 0 spiro atoms. The fourth-order valence-corrected chi connectivity index (χ4v) is 3.78. The molecule has 0 unspecified atom stereocenters. The Balaban J connectivity index is 1.47. The number of nitrogens with zero attached hydrogens (tertiary/aromatic N) is 2. The lowest BCUT2D eigenvalue weighted by atomic mass is 10.1. The summed E-state index contributed by atoms with van der Waals surface area (Å²) in [5.41, 5.74) is 1.46. The molecule has 2 aromatic heterocycles. The van der Waals surface area contributed by atoms with Crippen molar-refractivity contribution in [2.45, 2.75) is 13.1 Å². The van der Waals surface area contributed by atoms with Crippen LogP contribution in [0.1, 0.15) is 11.1 Å². The Morgan fingerprint density at radius 1 is 1.06 bits per heavy atom. The molecular weight excluding hydrogens is 439 g/mol. The van der Waals surface area contributed by atoms with Crippen LogP contribution in [0.15, 0.2) is 71.8 Å². The van der Waals surface area contributed by atoms with Crippen LogP contribution in [0.25, 0.3) is 10.9 Å². The van der Waals surface area contributed by atoms with Crippen LogP contribution in [0.4, 0.5) is 14.9 Å². The van der Waals surface area contributed by atoms with Crippen LogP contribution >= 0.6 is 0 Å². The third-order valence-electron chi connectivity index (χ3n) is 5.44. The van der Waals surface area contributed by atoms with E-state index in [1.165, 1.54) is 17.0 Å². The fourth-order valence-electron chi connectivity index (χ4n) is 3.78. The highest BCUT2D eigenvalue weighted by atomic mass is 19.1. The second-order valence-electron chi connectivity index (χ2n) is 7.83. The van der Waals surface area contributed by atoms with Gasteiger partial charge in [-0.05, 0) is 35.9 Å². The summed E-state index contributed by atoms with van der Waals surface area (Å²) in [6.45, 7) is 1.06. The number of hydrogen-bond acceptors (Lipinski definition) is 5. The highest BCUT2D eigenvalue weighted by Gasteiger charge is 2.19. The first kappa shape index (κ1) is 21.4. The summed E-state index contributed by atoms with van der Waals surface area (Å²) in [6, 6.07) is 14.2. The van der Waals surface area contributed by atoms with Crippen molar-refractivity contribution in [3.8, 4) is 11.5 Å². The predicted octanol–water partition coefficient (Wildman–Crippen LogP) is 4.07. The molecule has 0 bridgehead atoms. The standard InChI is InChI=1S/C25H21FN4O4/c26-19-5-1-2-6-20(19)29-25(32)30(14-16-4-3-7-27-13-16)15-18-10-17-11-22-23(34-9-8-33-22)12-21(17)28-24(18)31/h1-7,10-13H,8-9,14-15H2,(H,28,31)(H,29,32). The van der Waals surface area contributed by atoms with Gasteiger partial charge in [-0.15, -0.1) is 0 Å². The molecule has 0 saturated carbocycles. The number of aromatic amines is 1. The molecule has 1 aliphatic heterocycles. The van der Waals surface area contributed by atoms with Crippen LogP contribution < -0.4 is 20.3 Å². The number of halogens is 1. The first-order valence-electron chi connectivity index (χ1n) is 10.7. The van der Waals surface area contributed by atoms with Crippen molar-refractivity contribution in [3.05, 3.63) is 94.3 Å². The van der Waals surface area contributed by atoms with Crippen LogP contribution in [-0.4, -0.2) is 34.1 Å². The first-order chi connectivity index (χ1) is 16.6. The fraction of sp³-hybridized carbons (Fsp3) is 0.160. The van der Waals surface area contributed by atoms with Gasteiger partial charge in [0.15, 0.2) is 11.5 Å². The second kappa shape index (κ2) is 9.22. The quantitative estimate of drug-likeness (QED) is 0.468. The molecule has 172 valence electrons. The third kappa shape index (κ3) is 4.54. The largest absolute Gasteiger partial charge is 0.486 e. The minimum Gasteiger partial charge on any atom is -0.486 e. The van der Waals surface area contributed by atoms with Gasteiger partial charge in [0.05, 0.1) is 17.7 Å². The van der Waals surface area contributed by atoms with Crippen LogP contribution in [0, 0.1) is 5.82 Å². The maximum absolute atomic E-state index is 14.1. The molecule has 34 heavy (non-hydrogen) atoms. The van der Waals surface area contributed by atoms with Crippen LogP contribution in [-0.2, 0) is 13.1 Å². The van der Waals surface area contributed by atoms with E-state index in [-0.39, 0.29) is 24.3 Å². The smallest absolute Gasteiger partial charge is 0.322 e. The lowest BCUT2D eigenvalue weighted by molar-refractivity contribution is 0.172. The molecule has 9 heteroatoms. The van der Waals surface area contributed by atoms with E-state index in [1.54, 1.807) is 48.8 Å². The molecule has 0 radical (unpaired) electrons. The number of fused-ring (bicyclic) bond motifs is 2. The number of carbonyl (C=O) groups is 1. The molecule has 0 aliphatic carbocycles. The number of para-hydroxylation sites is 1. The number of nitrogens with one attached hydrogen (secondary N) is 2. The number of H-pyrrole nitrogens is 1. The molecule has 3 heterocycles. The Labute approximate surface area is 194 Å². The Morgan fingerprint density at radius 2 is 1.85 bits per heavy atom. The van der Waals surface area contributed by atoms with Gasteiger partial charge in [-0.1, -0.05) is 18.2 Å². The molecule has 0 atom stereocenters. The van der Waals surface area contributed by atoms with Gasteiger partial charge in [0.25, 0.3) is 5.56 Å². The van der Waals surface area contributed by atoms with Gasteiger partial charge < -0.3 is 24.7 Å². The average molecular weight is 460 g/mol. The first-order valence-corrected chi connectivity index (χ1v) is 10.7. The number of rotatable bonds is 5. The van der Waals surface area contributed by atoms with Crippen LogP contribution in [0.3, 0.4) is 0 Å². The van der Waals surface area contributed by atoms with Crippen molar-refractivity contribution < 1.29 is 18.7 Å². The van der Waals surface area contributed by atoms with Gasteiger partial charge in [-0.25, -0.2) is 9.18 Å². The monoisotopic (exact) mass is 460 g/mol. The van der Waals surface area contributed by atoms with E-state index < -0.39 is 11.8 Å². The van der Waals surface area contributed by atoms with Gasteiger partial charge in [-0.2, -0.15) is 0 Å². The molecule has 0 saturated heterocycles. The van der Waals surface area contributed by atoms with Crippen molar-refractivity contribution in [1.29, 1.82) is 0 Å². The normalized spacial score (nSPS) is 12.4. The minimum atomic E-state index is -0.548. The summed E-state index contributed by atoms with van der Waals surface area (Å²) < 4.78 is 25.4.